The molecule has 0 aliphatic heterocycles. The molecule has 0 aliphatic carbocycles. The molecule has 0 aliphatic rings. The second kappa shape index (κ2) is 38.1. The van der Waals surface area contributed by atoms with Gasteiger partial charge in [-0.05, 0) is 139 Å². The molecule has 28 nitrogen and oxygen atoms in total. The Hall–Kier alpha value is -14.7. The van der Waals surface area contributed by atoms with Crippen molar-refractivity contribution in [1.82, 2.24) is 29.2 Å². The summed E-state index contributed by atoms with van der Waals surface area (Å²) < 4.78 is 304. The number of hydrogen-bond donors (Lipinski definition) is 1. The van der Waals surface area contributed by atoms with Crippen LogP contribution in [0.1, 0.15) is 33.9 Å². The molecule has 0 saturated heterocycles. The monoisotopic (exact) mass is 1880 g/mol. The van der Waals surface area contributed by atoms with Crippen LogP contribution in [0, 0.1) is 17.5 Å². The number of para-hydroxylation sites is 1. The number of benzene rings is 9. The Labute approximate surface area is 732 Å². The van der Waals surface area contributed by atoms with E-state index in [2.05, 4.69) is 24.7 Å². The van der Waals surface area contributed by atoms with Crippen molar-refractivity contribution in [2.45, 2.75) is 65.3 Å². The summed E-state index contributed by atoms with van der Waals surface area (Å²) in [6.07, 6.45) is -16.8. The molecule has 1 N–H and O–H groups in total. The first-order valence-corrected chi connectivity index (χ1v) is 42.2. The van der Waals surface area contributed by atoms with Crippen molar-refractivity contribution in [3.63, 3.8) is 0 Å². The van der Waals surface area contributed by atoms with Gasteiger partial charge in [-0.1, -0.05) is 57.9 Å². The van der Waals surface area contributed by atoms with E-state index in [1.54, 1.807) is 66.7 Å². The van der Waals surface area contributed by atoms with Crippen molar-refractivity contribution >= 4 is 97.7 Å². The molecule has 1 unspecified atom stereocenters. The van der Waals surface area contributed by atoms with E-state index in [1.807, 2.05) is 0 Å². The predicted octanol–water partition coefficient (Wildman–Crippen LogP) is 17.2. The second-order valence-electron chi connectivity index (χ2n) is 27.7. The molecule has 6 heterocycles. The number of sulfonamides is 3. The lowest BCUT2D eigenvalue weighted by atomic mass is 10.1. The molecule has 0 bridgehead atoms. The fraction of sp³-hybridized carbons (Fsp3) is 0.151. The van der Waals surface area contributed by atoms with E-state index in [0.717, 1.165) is 78.0 Å². The van der Waals surface area contributed by atoms with Crippen molar-refractivity contribution < 1.29 is 125 Å². The number of nitrogens with one attached hydrogen (secondary N) is 1. The molecule has 676 valence electrons. The van der Waals surface area contributed by atoms with Crippen LogP contribution in [0.5, 0.6) is 34.5 Å². The van der Waals surface area contributed by atoms with Gasteiger partial charge in [-0.3, -0.25) is 32.8 Å². The van der Waals surface area contributed by atoms with Gasteiger partial charge in [0.15, 0.2) is 17.5 Å². The highest BCUT2D eigenvalue weighted by Gasteiger charge is 2.46. The van der Waals surface area contributed by atoms with Gasteiger partial charge in [-0.2, -0.15) is 39.5 Å². The Kier molecular flexibility index (Phi) is 27.3. The number of fused-ring (bicyclic) bond motifs is 3. The summed E-state index contributed by atoms with van der Waals surface area (Å²) in [7, 11) is -6.16. The summed E-state index contributed by atoms with van der Waals surface area (Å²) in [5.41, 5.74) is -3.20. The van der Waals surface area contributed by atoms with Gasteiger partial charge in [0.25, 0.3) is 46.7 Å². The predicted molar refractivity (Wildman–Crippen MR) is 450 cm³/mol. The van der Waals surface area contributed by atoms with Crippen LogP contribution in [0.3, 0.4) is 0 Å². The summed E-state index contributed by atoms with van der Waals surface area (Å²) >= 11 is 4.87. The first kappa shape index (κ1) is 93.0. The number of alkyl halides is 9. The van der Waals surface area contributed by atoms with Crippen molar-refractivity contribution in [3.05, 3.63) is 320 Å². The Balaban J connectivity index is 0.000000170. The smallest absolute Gasteiger partial charge is 0.430 e. The molecule has 9 aromatic carbocycles. The maximum atomic E-state index is 15.8. The molecule has 44 heteroatoms. The normalized spacial score (nSPS) is 12.1. The van der Waals surface area contributed by atoms with E-state index < -0.39 is 124 Å². The fourth-order valence-electron chi connectivity index (χ4n) is 13.3. The van der Waals surface area contributed by atoms with Crippen molar-refractivity contribution in [2.75, 3.05) is 48.9 Å². The molecule has 0 saturated carbocycles. The number of nitrogens with zero attached hydrogens (tertiary/aromatic N) is 8. The van der Waals surface area contributed by atoms with Gasteiger partial charge in [0.2, 0.25) is 6.10 Å². The largest absolute Gasteiger partial charge is 0.497 e. The van der Waals surface area contributed by atoms with Gasteiger partial charge in [0.1, 0.15) is 70.7 Å². The Morgan fingerprint density at radius 3 is 1.18 bits per heavy atom. The summed E-state index contributed by atoms with van der Waals surface area (Å²) in [6.45, 7) is -0.234. The van der Waals surface area contributed by atoms with E-state index in [4.69, 9.17) is 54.4 Å². The van der Waals surface area contributed by atoms with Gasteiger partial charge < -0.3 is 46.7 Å². The fourth-order valence-corrected chi connectivity index (χ4v) is 17.4. The third-order valence-electron chi connectivity index (χ3n) is 19.3. The highest BCUT2D eigenvalue weighted by molar-refractivity contribution is 7.93. The minimum Gasteiger partial charge on any atom is -0.497 e. The average molecular weight is 1880 g/mol. The first-order valence-electron chi connectivity index (χ1n) is 37.5. The van der Waals surface area contributed by atoms with Crippen LogP contribution in [0.2, 0.25) is 0 Å². The van der Waals surface area contributed by atoms with Crippen LogP contribution in [0.25, 0.3) is 49.8 Å². The zero-order valence-corrected chi connectivity index (χ0v) is 70.8. The van der Waals surface area contributed by atoms with E-state index in [-0.39, 0.29) is 118 Å². The number of hydrogen-bond acceptors (Lipinski definition) is 23. The number of ether oxygens (including phenoxy) is 7. The van der Waals surface area contributed by atoms with Crippen molar-refractivity contribution in [3.8, 4) is 51.6 Å². The molecule has 0 spiro atoms. The molecule has 0 fully saturated rings. The zero-order valence-electron chi connectivity index (χ0n) is 67.5. The number of aromatic nitrogens is 6. The molecular formula is C86H65F12N9O19S4. The number of methoxy groups -OCH3 is 5. The molecule has 15 rings (SSSR count). The molecule has 0 radical (unpaired) electrons. The molecule has 1 atom stereocenters. The van der Waals surface area contributed by atoms with Crippen LogP contribution in [0.4, 0.5) is 70.1 Å². The second-order valence-corrected chi connectivity index (χ2v) is 33.4. The van der Waals surface area contributed by atoms with Gasteiger partial charge in [0.05, 0.1) is 110 Å². The van der Waals surface area contributed by atoms with E-state index in [9.17, 15) is 87.9 Å². The van der Waals surface area contributed by atoms with E-state index in [1.165, 1.54) is 150 Å². The van der Waals surface area contributed by atoms with Gasteiger partial charge in [-0.25, -0.2) is 47.0 Å². The molecular weight excluding hydrogens is 1820 g/mol. The molecule has 6 aromatic heterocycles. The van der Waals surface area contributed by atoms with Gasteiger partial charge in [-0.15, -0.1) is 0 Å². The Bertz CT molecular complexity index is 7240. The third kappa shape index (κ3) is 20.9. The number of halogens is 12. The summed E-state index contributed by atoms with van der Waals surface area (Å²) in [6, 6.07) is 49.0. The van der Waals surface area contributed by atoms with Crippen LogP contribution in [0.15, 0.2) is 286 Å². The van der Waals surface area contributed by atoms with Crippen LogP contribution >= 0.6 is 12.2 Å². The van der Waals surface area contributed by atoms with E-state index >= 15 is 4.39 Å². The third-order valence-corrected chi connectivity index (χ3v) is 24.4. The molecule has 0 amide bonds. The molecule has 130 heavy (non-hydrogen) atoms. The van der Waals surface area contributed by atoms with Gasteiger partial charge in [0, 0.05) is 99.7 Å². The summed E-state index contributed by atoms with van der Waals surface area (Å²) in [5, 5.41) is 11.0. The number of rotatable bonds is 26. The van der Waals surface area contributed by atoms with Crippen LogP contribution < -0.4 is 58.4 Å². The Morgan fingerprint density at radius 1 is 0.431 bits per heavy atom. The highest BCUT2D eigenvalue weighted by Crippen LogP contribution is 2.43. The maximum absolute atomic E-state index is 15.8. The maximum Gasteiger partial charge on any atom is 0.430 e. The lowest BCUT2D eigenvalue weighted by Gasteiger charge is -2.24. The zero-order chi connectivity index (χ0) is 93.5. The summed E-state index contributed by atoms with van der Waals surface area (Å²) in [5.74, 6) is -3.19. The SMILES string of the molecule is COc1cc(CC(F)(F)F)c(F)cc1-n1c(=O)ccc2cc(S(=O)(=O)Nc3ccon3)ccc21.COc1ccc(CN(c2ccon2)S(=O)(=O)c2ccc3c(ccc(=O)n3-c3cc(F)c(C(OC(=S)Oc4ccccc4)C(F)(F)F)cc3OC)c2)cc1.COc1ccc(CN(c2ccon2)S(=O)(=O)c2ccc3c(ccc(=O)n3-c3cc(F)c(CC(F)(F)F)cc3OC)c2)cc1. The standard InChI is InChI=1S/C36H27F4N3O8S2.C29H23F4N3O6S.C21H15F4N3O5S/c1-47-24-11-8-22(9-12-24)21-42(32-16-17-49-41-32)53(45,46)26-13-14-29-23(18-26)10-15-33(44)43(29)30-20-28(37)27(19-31(30)48-2)34(36(38,39)40)51-35(52)50-25-6-4-3-5-7-25;1-40-21-6-3-18(4-7-21)17-35(27-11-12-42-34-27)43(38,39)22-8-9-24-19(13-22)5-10-28(37)36(24)25-15-23(30)20(14-26(25)41-2)16-29(31,32)33;1-32-18-9-13(11-21(23,24)25)15(22)10-17(18)28-16-4-3-14(8-12(16)2-5-20(28)29)34(30,31)27-19-6-7-33-26-19/h3-20,34H,21H2,1-2H3;3-15H,16-17H2,1-2H3;2-10H,11H2,1H3,(H,26,27). The number of thiocarbonyl (C=S) groups is 1. The quantitative estimate of drug-likeness (QED) is 0.0389. The Morgan fingerprint density at radius 2 is 0.815 bits per heavy atom. The minimum absolute atomic E-state index is 0.000261. The lowest BCUT2D eigenvalue weighted by Crippen LogP contribution is -2.31. The van der Waals surface area contributed by atoms with Crippen molar-refractivity contribution in [2.24, 2.45) is 0 Å². The average Bonchev–Trinajstić information content (AvgIpc) is 0.896. The van der Waals surface area contributed by atoms with E-state index in [0.29, 0.717) is 28.7 Å². The topological polar surface area (TPSA) is 330 Å². The minimum atomic E-state index is -5.16. The summed E-state index contributed by atoms with van der Waals surface area (Å²) in [4.78, 5) is 38.4. The van der Waals surface area contributed by atoms with Crippen molar-refractivity contribution in [1.29, 1.82) is 0 Å². The lowest BCUT2D eigenvalue weighted by molar-refractivity contribution is -0.204. The highest BCUT2D eigenvalue weighted by atomic mass is 32.2. The molecule has 15 aromatic rings. The number of pyridine rings is 3. The first-order chi connectivity index (χ1) is 61.7. The van der Waals surface area contributed by atoms with Crippen LogP contribution in [-0.2, 0) is 60.7 Å². The van der Waals surface area contributed by atoms with Gasteiger partial charge >= 0.3 is 23.8 Å². The number of anilines is 3. The van der Waals surface area contributed by atoms with Crippen LogP contribution in [-0.4, -0.2) is 114 Å².